The summed E-state index contributed by atoms with van der Waals surface area (Å²) in [7, 11) is 0. The van der Waals surface area contributed by atoms with E-state index >= 15 is 0 Å². The van der Waals surface area contributed by atoms with Crippen molar-refractivity contribution in [2.45, 2.75) is 19.5 Å². The Morgan fingerprint density at radius 3 is 2.53 bits per heavy atom. The SMILES string of the molecule is CC1(C(=O)NCC(F)(F)F)CCNC1.Cl. The van der Waals surface area contributed by atoms with Crippen molar-refractivity contribution < 1.29 is 18.0 Å². The second-order valence-electron chi connectivity index (χ2n) is 3.79. The Morgan fingerprint density at radius 2 is 2.13 bits per heavy atom. The van der Waals surface area contributed by atoms with Gasteiger partial charge in [-0.05, 0) is 19.9 Å². The van der Waals surface area contributed by atoms with E-state index in [4.69, 9.17) is 0 Å². The summed E-state index contributed by atoms with van der Waals surface area (Å²) in [4.78, 5) is 11.4. The quantitative estimate of drug-likeness (QED) is 0.766. The van der Waals surface area contributed by atoms with E-state index in [0.717, 1.165) is 0 Å². The van der Waals surface area contributed by atoms with Gasteiger partial charge in [-0.15, -0.1) is 12.4 Å². The van der Waals surface area contributed by atoms with Gasteiger partial charge in [0.05, 0.1) is 5.41 Å². The van der Waals surface area contributed by atoms with E-state index in [9.17, 15) is 18.0 Å². The third-order valence-electron chi connectivity index (χ3n) is 2.37. The number of alkyl halides is 3. The van der Waals surface area contributed by atoms with Gasteiger partial charge in [-0.1, -0.05) is 0 Å². The third-order valence-corrected chi connectivity index (χ3v) is 2.37. The molecule has 0 radical (unpaired) electrons. The van der Waals surface area contributed by atoms with Crippen LogP contribution in [0.15, 0.2) is 0 Å². The molecule has 2 N–H and O–H groups in total. The van der Waals surface area contributed by atoms with Gasteiger partial charge in [-0.3, -0.25) is 4.79 Å². The molecular weight excluding hydrogens is 233 g/mol. The second-order valence-corrected chi connectivity index (χ2v) is 3.79. The number of carbonyl (C=O) groups excluding carboxylic acids is 1. The molecule has 0 aliphatic carbocycles. The van der Waals surface area contributed by atoms with E-state index in [1.807, 2.05) is 5.32 Å². The predicted molar refractivity (Wildman–Crippen MR) is 51.9 cm³/mol. The monoisotopic (exact) mass is 246 g/mol. The molecule has 0 aromatic carbocycles. The Bertz CT molecular complexity index is 226. The molecule has 90 valence electrons. The number of rotatable bonds is 2. The van der Waals surface area contributed by atoms with Crippen LogP contribution in [0, 0.1) is 5.41 Å². The summed E-state index contributed by atoms with van der Waals surface area (Å²) in [6, 6.07) is 0. The number of carbonyl (C=O) groups is 1. The number of amides is 1. The largest absolute Gasteiger partial charge is 0.405 e. The molecule has 1 aliphatic rings. The van der Waals surface area contributed by atoms with Crippen molar-refractivity contribution >= 4 is 18.3 Å². The van der Waals surface area contributed by atoms with Crippen LogP contribution in [0.5, 0.6) is 0 Å². The number of hydrogen-bond acceptors (Lipinski definition) is 2. The van der Waals surface area contributed by atoms with Crippen LogP contribution in [0.3, 0.4) is 0 Å². The van der Waals surface area contributed by atoms with E-state index in [2.05, 4.69) is 5.32 Å². The van der Waals surface area contributed by atoms with E-state index in [1.54, 1.807) is 6.92 Å². The van der Waals surface area contributed by atoms with E-state index in [1.165, 1.54) is 0 Å². The zero-order valence-corrected chi connectivity index (χ0v) is 9.10. The topological polar surface area (TPSA) is 41.1 Å². The van der Waals surface area contributed by atoms with Gasteiger partial charge in [0.1, 0.15) is 6.54 Å². The summed E-state index contributed by atoms with van der Waals surface area (Å²) >= 11 is 0. The van der Waals surface area contributed by atoms with Crippen LogP contribution in [0.2, 0.25) is 0 Å². The molecule has 0 bridgehead atoms. The first-order valence-electron chi connectivity index (χ1n) is 4.39. The third kappa shape index (κ3) is 4.25. The van der Waals surface area contributed by atoms with E-state index < -0.39 is 24.0 Å². The molecule has 0 spiro atoms. The van der Waals surface area contributed by atoms with Crippen molar-refractivity contribution in [3.05, 3.63) is 0 Å². The minimum atomic E-state index is -4.34. The number of halogens is 4. The summed E-state index contributed by atoms with van der Waals surface area (Å²) in [6.07, 6.45) is -3.76. The summed E-state index contributed by atoms with van der Waals surface area (Å²) < 4.78 is 35.4. The lowest BCUT2D eigenvalue weighted by Crippen LogP contribution is -2.44. The van der Waals surface area contributed by atoms with Gasteiger partial charge < -0.3 is 10.6 Å². The Labute approximate surface area is 92.2 Å². The van der Waals surface area contributed by atoms with Crippen LogP contribution in [0.25, 0.3) is 0 Å². The smallest absolute Gasteiger partial charge is 0.346 e. The van der Waals surface area contributed by atoms with Crippen molar-refractivity contribution in [1.82, 2.24) is 10.6 Å². The fraction of sp³-hybridized carbons (Fsp3) is 0.875. The summed E-state index contributed by atoms with van der Waals surface area (Å²) in [6.45, 7) is 1.53. The standard InChI is InChI=1S/C8H13F3N2O.ClH/c1-7(2-3-12-4-7)6(14)13-5-8(9,10)11;/h12H,2-5H2,1H3,(H,13,14);1H. The minimum absolute atomic E-state index is 0. The molecule has 15 heavy (non-hydrogen) atoms. The summed E-state index contributed by atoms with van der Waals surface area (Å²) in [5.41, 5.74) is -0.689. The fourth-order valence-corrected chi connectivity index (χ4v) is 1.40. The molecule has 1 amide bonds. The van der Waals surface area contributed by atoms with Gasteiger partial charge in [-0.2, -0.15) is 13.2 Å². The van der Waals surface area contributed by atoms with E-state index in [-0.39, 0.29) is 12.4 Å². The molecular formula is C8H14ClF3N2O. The molecule has 0 saturated carbocycles. The zero-order valence-electron chi connectivity index (χ0n) is 8.28. The van der Waals surface area contributed by atoms with Gasteiger partial charge in [0.25, 0.3) is 0 Å². The molecule has 1 atom stereocenters. The maximum Gasteiger partial charge on any atom is 0.405 e. The van der Waals surface area contributed by atoms with Crippen molar-refractivity contribution in [2.75, 3.05) is 19.6 Å². The second kappa shape index (κ2) is 5.03. The number of nitrogens with one attached hydrogen (secondary N) is 2. The van der Waals surface area contributed by atoms with Gasteiger partial charge in [0.2, 0.25) is 5.91 Å². The molecule has 1 aliphatic heterocycles. The highest BCUT2D eigenvalue weighted by atomic mass is 35.5. The minimum Gasteiger partial charge on any atom is -0.346 e. The normalized spacial score (nSPS) is 25.9. The maximum absolute atomic E-state index is 11.8. The van der Waals surface area contributed by atoms with Crippen molar-refractivity contribution in [3.63, 3.8) is 0 Å². The highest BCUT2D eigenvalue weighted by Gasteiger charge is 2.38. The molecule has 1 rings (SSSR count). The molecule has 3 nitrogen and oxygen atoms in total. The number of hydrogen-bond donors (Lipinski definition) is 2. The molecule has 1 heterocycles. The van der Waals surface area contributed by atoms with Crippen LogP contribution in [0.4, 0.5) is 13.2 Å². The molecule has 1 unspecified atom stereocenters. The highest BCUT2D eigenvalue weighted by Crippen LogP contribution is 2.24. The van der Waals surface area contributed by atoms with Gasteiger partial charge in [0, 0.05) is 6.54 Å². The van der Waals surface area contributed by atoms with Crippen molar-refractivity contribution in [1.29, 1.82) is 0 Å². The maximum atomic E-state index is 11.8. The van der Waals surface area contributed by atoms with Gasteiger partial charge >= 0.3 is 6.18 Å². The molecule has 0 aromatic rings. The lowest BCUT2D eigenvalue weighted by Gasteiger charge is -2.21. The summed E-state index contributed by atoms with van der Waals surface area (Å²) in [5, 5.41) is 4.85. The predicted octanol–water partition coefficient (Wildman–Crippen LogP) is 1.09. The first-order chi connectivity index (χ1) is 6.33. The highest BCUT2D eigenvalue weighted by molar-refractivity contribution is 5.85. The van der Waals surface area contributed by atoms with Crippen LogP contribution >= 0.6 is 12.4 Å². The Balaban J connectivity index is 0.00000196. The molecule has 1 saturated heterocycles. The van der Waals surface area contributed by atoms with Crippen LogP contribution in [0.1, 0.15) is 13.3 Å². The Kier molecular flexibility index (Phi) is 4.86. The Hall–Kier alpha value is -0.490. The lowest BCUT2D eigenvalue weighted by atomic mass is 9.89. The average Bonchev–Trinajstić information content (AvgIpc) is 2.48. The lowest BCUT2D eigenvalue weighted by molar-refractivity contribution is -0.143. The molecule has 0 aromatic heterocycles. The van der Waals surface area contributed by atoms with Gasteiger partial charge in [0.15, 0.2) is 0 Å². The fourth-order valence-electron chi connectivity index (χ4n) is 1.40. The summed E-state index contributed by atoms with van der Waals surface area (Å²) in [5.74, 6) is -0.528. The van der Waals surface area contributed by atoms with Crippen LogP contribution in [-0.2, 0) is 4.79 Å². The molecule has 1 fully saturated rings. The van der Waals surface area contributed by atoms with Gasteiger partial charge in [-0.25, -0.2) is 0 Å². The van der Waals surface area contributed by atoms with E-state index in [0.29, 0.717) is 19.5 Å². The zero-order chi connectivity index (χ0) is 10.8. The van der Waals surface area contributed by atoms with Crippen LogP contribution < -0.4 is 10.6 Å². The van der Waals surface area contributed by atoms with Crippen molar-refractivity contribution in [3.8, 4) is 0 Å². The first-order valence-corrected chi connectivity index (χ1v) is 4.39. The van der Waals surface area contributed by atoms with Crippen LogP contribution in [-0.4, -0.2) is 31.7 Å². The molecule has 7 heteroatoms. The van der Waals surface area contributed by atoms with Crippen molar-refractivity contribution in [2.24, 2.45) is 5.41 Å². The average molecular weight is 247 g/mol. The Morgan fingerprint density at radius 1 is 1.53 bits per heavy atom. The first kappa shape index (κ1) is 14.5.